The molecule has 2 heteroatoms. The summed E-state index contributed by atoms with van der Waals surface area (Å²) in [6.07, 6.45) is 5.47. The molecule has 0 aliphatic carbocycles. The molecule has 2 nitrogen and oxygen atoms in total. The highest BCUT2D eigenvalue weighted by Crippen LogP contribution is 2.23. The van der Waals surface area contributed by atoms with E-state index in [1.54, 1.807) is 0 Å². The highest BCUT2D eigenvalue weighted by molar-refractivity contribution is 4.82. The molecular weight excluding hydrogens is 196 g/mol. The van der Waals surface area contributed by atoms with Crippen molar-refractivity contribution in [3.8, 4) is 0 Å². The summed E-state index contributed by atoms with van der Waals surface area (Å²) in [5, 5.41) is 3.58. The number of nitrogens with zero attached hydrogens (tertiary/aromatic N) is 1. The van der Waals surface area contributed by atoms with Crippen LogP contribution in [0.5, 0.6) is 0 Å². The fourth-order valence-electron chi connectivity index (χ4n) is 2.74. The molecule has 2 unspecified atom stereocenters. The van der Waals surface area contributed by atoms with E-state index in [9.17, 15) is 0 Å². The maximum atomic E-state index is 3.58. The predicted molar refractivity (Wildman–Crippen MR) is 71.8 cm³/mol. The Morgan fingerprint density at radius 3 is 2.62 bits per heavy atom. The van der Waals surface area contributed by atoms with Gasteiger partial charge in [0, 0.05) is 25.2 Å². The average molecular weight is 226 g/mol. The first-order valence-electron chi connectivity index (χ1n) is 7.14. The smallest absolute Gasteiger partial charge is 0.0218 e. The van der Waals surface area contributed by atoms with Crippen LogP contribution < -0.4 is 5.32 Å². The zero-order chi connectivity index (χ0) is 12.0. The Morgan fingerprint density at radius 1 is 1.31 bits per heavy atom. The summed E-state index contributed by atoms with van der Waals surface area (Å²) >= 11 is 0. The third-order valence-corrected chi connectivity index (χ3v) is 3.76. The van der Waals surface area contributed by atoms with Crippen LogP contribution in [0.15, 0.2) is 0 Å². The van der Waals surface area contributed by atoms with E-state index in [0.29, 0.717) is 6.04 Å². The second-order valence-electron chi connectivity index (χ2n) is 5.56. The van der Waals surface area contributed by atoms with Crippen LogP contribution >= 0.6 is 0 Å². The topological polar surface area (TPSA) is 15.3 Å². The Labute approximate surface area is 102 Å². The molecule has 2 atom stereocenters. The van der Waals surface area contributed by atoms with Crippen LogP contribution in [-0.2, 0) is 0 Å². The quantitative estimate of drug-likeness (QED) is 0.718. The van der Waals surface area contributed by atoms with Crippen LogP contribution in [-0.4, -0.2) is 36.6 Å². The Balaban J connectivity index is 2.31. The molecule has 1 aliphatic heterocycles. The molecule has 0 radical (unpaired) electrons. The first kappa shape index (κ1) is 14.0. The molecule has 0 bridgehead atoms. The van der Waals surface area contributed by atoms with Gasteiger partial charge in [-0.1, -0.05) is 34.1 Å². The Hall–Kier alpha value is -0.0800. The molecular formula is C14H30N2. The Kier molecular flexibility index (Phi) is 6.37. The molecule has 1 fully saturated rings. The van der Waals surface area contributed by atoms with Crippen LogP contribution in [0, 0.1) is 5.92 Å². The highest BCUT2D eigenvalue weighted by atomic mass is 15.2. The van der Waals surface area contributed by atoms with Crippen molar-refractivity contribution < 1.29 is 0 Å². The Morgan fingerprint density at radius 2 is 2.06 bits per heavy atom. The van der Waals surface area contributed by atoms with Crippen molar-refractivity contribution in [1.29, 1.82) is 0 Å². The van der Waals surface area contributed by atoms with E-state index in [0.717, 1.165) is 18.5 Å². The monoisotopic (exact) mass is 226 g/mol. The highest BCUT2D eigenvalue weighted by Gasteiger charge is 2.26. The van der Waals surface area contributed by atoms with Crippen molar-refractivity contribution in [3.63, 3.8) is 0 Å². The molecule has 96 valence electrons. The van der Waals surface area contributed by atoms with Gasteiger partial charge in [0.25, 0.3) is 0 Å². The van der Waals surface area contributed by atoms with Crippen LogP contribution in [0.2, 0.25) is 0 Å². The van der Waals surface area contributed by atoms with Crippen molar-refractivity contribution in [3.05, 3.63) is 0 Å². The molecule has 0 aromatic carbocycles. The summed E-state index contributed by atoms with van der Waals surface area (Å²) in [5.74, 6) is 0.970. The van der Waals surface area contributed by atoms with Crippen LogP contribution in [0.1, 0.15) is 53.4 Å². The minimum atomic E-state index is 0.614. The van der Waals surface area contributed by atoms with Gasteiger partial charge >= 0.3 is 0 Å². The van der Waals surface area contributed by atoms with E-state index in [4.69, 9.17) is 0 Å². The zero-order valence-corrected chi connectivity index (χ0v) is 11.6. The van der Waals surface area contributed by atoms with Gasteiger partial charge in [-0.25, -0.2) is 0 Å². The minimum absolute atomic E-state index is 0.614. The van der Waals surface area contributed by atoms with E-state index >= 15 is 0 Å². The lowest BCUT2D eigenvalue weighted by atomic mass is 10.0. The van der Waals surface area contributed by atoms with Gasteiger partial charge in [-0.05, 0) is 31.7 Å². The third-order valence-electron chi connectivity index (χ3n) is 3.76. The largest absolute Gasteiger partial charge is 0.313 e. The van der Waals surface area contributed by atoms with Gasteiger partial charge in [-0.3, -0.25) is 4.90 Å². The van der Waals surface area contributed by atoms with Crippen LogP contribution in [0.4, 0.5) is 0 Å². The summed E-state index contributed by atoms with van der Waals surface area (Å²) in [6, 6.07) is 1.37. The lowest BCUT2D eigenvalue weighted by Crippen LogP contribution is -2.42. The average Bonchev–Trinajstić information content (AvgIpc) is 2.68. The third kappa shape index (κ3) is 4.42. The maximum Gasteiger partial charge on any atom is 0.0218 e. The van der Waals surface area contributed by atoms with Crippen molar-refractivity contribution in [1.82, 2.24) is 10.2 Å². The SMILES string of the molecule is CCCC1CCN(C(CC)CNC(C)C)C1. The summed E-state index contributed by atoms with van der Waals surface area (Å²) in [4.78, 5) is 2.70. The molecule has 0 saturated carbocycles. The summed E-state index contributed by atoms with van der Waals surface area (Å²) in [6.45, 7) is 12.9. The molecule has 16 heavy (non-hydrogen) atoms. The van der Waals surface area contributed by atoms with Gasteiger partial charge in [0.15, 0.2) is 0 Å². The van der Waals surface area contributed by atoms with Gasteiger partial charge in [0.2, 0.25) is 0 Å². The van der Waals surface area contributed by atoms with E-state index in [1.165, 1.54) is 38.8 Å². The van der Waals surface area contributed by atoms with Crippen molar-refractivity contribution in [2.24, 2.45) is 5.92 Å². The molecule has 1 heterocycles. The molecule has 1 saturated heterocycles. The standard InChI is InChI=1S/C14H30N2/c1-5-7-13-8-9-16(11-13)14(6-2)10-15-12(3)4/h12-15H,5-11H2,1-4H3. The first-order chi connectivity index (χ1) is 7.67. The predicted octanol–water partition coefficient (Wildman–Crippen LogP) is 2.89. The number of hydrogen-bond donors (Lipinski definition) is 1. The van der Waals surface area contributed by atoms with E-state index in [-0.39, 0.29) is 0 Å². The second kappa shape index (κ2) is 7.29. The van der Waals surface area contributed by atoms with Crippen LogP contribution in [0.3, 0.4) is 0 Å². The molecule has 1 N–H and O–H groups in total. The maximum absolute atomic E-state index is 3.58. The second-order valence-corrected chi connectivity index (χ2v) is 5.56. The number of likely N-dealkylation sites (tertiary alicyclic amines) is 1. The van der Waals surface area contributed by atoms with Crippen molar-refractivity contribution in [2.75, 3.05) is 19.6 Å². The minimum Gasteiger partial charge on any atom is -0.313 e. The lowest BCUT2D eigenvalue weighted by Gasteiger charge is -2.28. The van der Waals surface area contributed by atoms with Crippen molar-refractivity contribution >= 4 is 0 Å². The van der Waals surface area contributed by atoms with Crippen molar-refractivity contribution in [2.45, 2.75) is 65.5 Å². The van der Waals surface area contributed by atoms with Gasteiger partial charge in [-0.2, -0.15) is 0 Å². The fraction of sp³-hybridized carbons (Fsp3) is 1.00. The molecule has 1 aliphatic rings. The number of nitrogens with one attached hydrogen (secondary N) is 1. The van der Waals surface area contributed by atoms with Crippen LogP contribution in [0.25, 0.3) is 0 Å². The van der Waals surface area contributed by atoms with Gasteiger partial charge in [0.05, 0.1) is 0 Å². The molecule has 0 spiro atoms. The molecule has 1 rings (SSSR count). The summed E-state index contributed by atoms with van der Waals surface area (Å²) < 4.78 is 0. The first-order valence-corrected chi connectivity index (χ1v) is 7.14. The zero-order valence-electron chi connectivity index (χ0n) is 11.6. The van der Waals surface area contributed by atoms with E-state index in [1.807, 2.05) is 0 Å². The van der Waals surface area contributed by atoms with Gasteiger partial charge in [0.1, 0.15) is 0 Å². The molecule has 0 aromatic heterocycles. The summed E-state index contributed by atoms with van der Waals surface area (Å²) in [5.41, 5.74) is 0. The van der Waals surface area contributed by atoms with Gasteiger partial charge < -0.3 is 5.32 Å². The van der Waals surface area contributed by atoms with E-state index < -0.39 is 0 Å². The number of hydrogen-bond acceptors (Lipinski definition) is 2. The fourth-order valence-corrected chi connectivity index (χ4v) is 2.74. The summed E-state index contributed by atoms with van der Waals surface area (Å²) in [7, 11) is 0. The Bertz CT molecular complexity index is 180. The number of rotatable bonds is 7. The molecule has 0 aromatic rings. The normalized spacial score (nSPS) is 24.2. The van der Waals surface area contributed by atoms with E-state index in [2.05, 4.69) is 37.9 Å². The molecule has 0 amide bonds. The van der Waals surface area contributed by atoms with Gasteiger partial charge in [-0.15, -0.1) is 0 Å². The lowest BCUT2D eigenvalue weighted by molar-refractivity contribution is 0.217.